The third-order valence-electron chi connectivity index (χ3n) is 2.96. The summed E-state index contributed by atoms with van der Waals surface area (Å²) in [6.07, 6.45) is 5.20. The molecule has 1 saturated carbocycles. The Labute approximate surface area is 90.4 Å². The minimum atomic E-state index is -0.547. The predicted molar refractivity (Wildman–Crippen MR) is 46.4 cm³/mol. The Morgan fingerprint density at radius 3 is 2.08 bits per heavy atom. The van der Waals surface area contributed by atoms with E-state index >= 15 is 0 Å². The molecule has 0 amide bonds. The average molecular weight is 185 g/mol. The Bertz CT molecular complexity index is 113. The number of rotatable bonds is 2. The molecule has 0 aromatic rings. The second kappa shape index (κ2) is 6.16. The van der Waals surface area contributed by atoms with Crippen LogP contribution in [0.3, 0.4) is 0 Å². The molecular weight excluding hydrogens is 167 g/mol. The summed E-state index contributed by atoms with van der Waals surface area (Å²) in [5.41, 5.74) is -0.547. The van der Waals surface area contributed by atoms with Gasteiger partial charge in [0, 0.05) is 0 Å². The van der Waals surface area contributed by atoms with E-state index in [0.717, 1.165) is 32.1 Å². The Morgan fingerprint density at radius 2 is 1.75 bits per heavy atom. The van der Waals surface area contributed by atoms with Gasteiger partial charge in [-0.1, -0.05) is 51.9 Å². The van der Waals surface area contributed by atoms with Crippen LogP contribution >= 0.6 is 0 Å². The van der Waals surface area contributed by atoms with Crippen molar-refractivity contribution in [2.75, 3.05) is 0 Å². The molecule has 1 unspecified atom stereocenters. The summed E-state index contributed by atoms with van der Waals surface area (Å²) in [6, 6.07) is 0. The van der Waals surface area contributed by atoms with Crippen molar-refractivity contribution in [3.05, 3.63) is 0 Å². The van der Waals surface area contributed by atoms with Gasteiger partial charge in [0.25, 0.3) is 0 Å². The topological polar surface area (TPSA) is 23.1 Å². The first-order chi connectivity index (χ1) is 4.69. The number of hydrogen-bond donors (Lipinski definition) is 0. The van der Waals surface area contributed by atoms with Gasteiger partial charge in [0.2, 0.25) is 0 Å². The summed E-state index contributed by atoms with van der Waals surface area (Å²) in [7, 11) is 0. The van der Waals surface area contributed by atoms with Gasteiger partial charge in [0.05, 0.1) is 0 Å². The van der Waals surface area contributed by atoms with Gasteiger partial charge in [-0.15, -0.1) is 5.60 Å². The van der Waals surface area contributed by atoms with Crippen molar-refractivity contribution in [3.8, 4) is 0 Å². The van der Waals surface area contributed by atoms with Crippen molar-refractivity contribution in [2.24, 2.45) is 5.92 Å². The summed E-state index contributed by atoms with van der Waals surface area (Å²) in [5, 5.41) is 11.8. The molecule has 0 aliphatic heterocycles. The maximum Gasteiger partial charge on any atom is 2.00 e. The molecule has 1 nitrogen and oxygen atoms in total. The van der Waals surface area contributed by atoms with Crippen LogP contribution in [0.1, 0.15) is 46.0 Å². The summed E-state index contributed by atoms with van der Waals surface area (Å²) in [5.74, 6) is 0.384. The zero-order valence-corrected chi connectivity index (χ0v) is 9.52. The minimum absolute atomic E-state index is 0. The molecule has 3 heteroatoms. The molecule has 0 heterocycles. The molecule has 1 atom stereocenters. The fourth-order valence-electron chi connectivity index (χ4n) is 1.84. The summed E-state index contributed by atoms with van der Waals surface area (Å²) in [4.78, 5) is 0. The monoisotopic (exact) mass is 184 g/mol. The zero-order valence-electron chi connectivity index (χ0n) is 8.11. The Balaban J connectivity index is 0. The van der Waals surface area contributed by atoms with E-state index < -0.39 is 5.60 Å². The first-order valence-electron chi connectivity index (χ1n) is 4.39. The normalized spacial score (nSPS) is 22.2. The second-order valence-electron chi connectivity index (χ2n) is 3.58. The van der Waals surface area contributed by atoms with E-state index in [9.17, 15) is 5.11 Å². The number of halogens is 1. The smallest absolute Gasteiger partial charge is 1.00 e. The van der Waals surface area contributed by atoms with Crippen molar-refractivity contribution < 1.29 is 9.81 Å². The molecule has 1 rings (SSSR count). The van der Waals surface area contributed by atoms with Crippen LogP contribution < -0.4 is 9.81 Å². The van der Waals surface area contributed by atoms with Crippen LogP contribution in [-0.2, 0) is 0 Å². The van der Waals surface area contributed by atoms with Gasteiger partial charge in [0.1, 0.15) is 0 Å². The van der Waals surface area contributed by atoms with E-state index in [1.165, 1.54) is 0 Å². The zero-order chi connectivity index (χ0) is 7.61. The maximum atomic E-state index is 11.8. The van der Waals surface area contributed by atoms with Crippen molar-refractivity contribution in [1.29, 1.82) is 0 Å². The Hall–Kier alpha value is 0.656. The standard InChI is InChI=1S/C9H17O.FH.Mg/c1-3-8(2)9(10)6-4-5-7-9;;/h8H,3-7H2,1-2H3;1H;/q-1;;+2/p-1. The van der Waals surface area contributed by atoms with E-state index in [1.807, 2.05) is 0 Å². The van der Waals surface area contributed by atoms with Crippen molar-refractivity contribution in [1.82, 2.24) is 0 Å². The van der Waals surface area contributed by atoms with E-state index in [1.54, 1.807) is 0 Å². The van der Waals surface area contributed by atoms with Crippen LogP contribution in [-0.4, -0.2) is 28.7 Å². The third kappa shape index (κ3) is 3.19. The van der Waals surface area contributed by atoms with Gasteiger partial charge in [0.15, 0.2) is 0 Å². The van der Waals surface area contributed by atoms with E-state index in [-0.39, 0.29) is 27.8 Å². The van der Waals surface area contributed by atoms with Crippen LogP contribution in [0, 0.1) is 5.92 Å². The quantitative estimate of drug-likeness (QED) is 0.471. The van der Waals surface area contributed by atoms with Crippen LogP contribution in [0.25, 0.3) is 0 Å². The van der Waals surface area contributed by atoms with Gasteiger partial charge < -0.3 is 9.81 Å². The van der Waals surface area contributed by atoms with Gasteiger partial charge in [-0.25, -0.2) is 0 Å². The molecule has 0 aromatic carbocycles. The molecule has 0 spiro atoms. The summed E-state index contributed by atoms with van der Waals surface area (Å²) < 4.78 is 0. The van der Waals surface area contributed by atoms with Crippen LogP contribution in [0.4, 0.5) is 0 Å². The van der Waals surface area contributed by atoms with Crippen LogP contribution in [0.2, 0.25) is 0 Å². The van der Waals surface area contributed by atoms with Gasteiger partial charge in [-0.2, -0.15) is 0 Å². The van der Waals surface area contributed by atoms with Crippen LogP contribution in [0.5, 0.6) is 0 Å². The summed E-state index contributed by atoms with van der Waals surface area (Å²) >= 11 is 0. The second-order valence-corrected chi connectivity index (χ2v) is 3.58. The van der Waals surface area contributed by atoms with Gasteiger partial charge >= 0.3 is 23.1 Å². The predicted octanol–water partition coefficient (Wildman–Crippen LogP) is -1.67. The van der Waals surface area contributed by atoms with E-state index in [2.05, 4.69) is 13.8 Å². The maximum absolute atomic E-state index is 11.8. The Morgan fingerprint density at radius 1 is 1.33 bits per heavy atom. The molecular formula is C9H17FMgO. The van der Waals surface area contributed by atoms with Crippen molar-refractivity contribution >= 4 is 23.1 Å². The molecule has 68 valence electrons. The minimum Gasteiger partial charge on any atom is -1.00 e. The van der Waals surface area contributed by atoms with Crippen molar-refractivity contribution in [2.45, 2.75) is 51.6 Å². The van der Waals surface area contributed by atoms with Gasteiger partial charge in [-0.05, 0) is 0 Å². The molecule has 1 aliphatic rings. The molecule has 12 heavy (non-hydrogen) atoms. The molecule has 1 fully saturated rings. The van der Waals surface area contributed by atoms with E-state index in [4.69, 9.17) is 0 Å². The Kier molecular flexibility index (Phi) is 7.78. The molecule has 0 N–H and O–H groups in total. The molecule has 0 bridgehead atoms. The molecule has 0 aromatic heterocycles. The van der Waals surface area contributed by atoms with Crippen molar-refractivity contribution in [3.63, 3.8) is 0 Å². The largest absolute Gasteiger partial charge is 2.00 e. The molecule has 1 aliphatic carbocycles. The molecule has 0 saturated heterocycles. The van der Waals surface area contributed by atoms with Crippen LogP contribution in [0.15, 0.2) is 0 Å². The summed E-state index contributed by atoms with van der Waals surface area (Å²) in [6.45, 7) is 4.21. The van der Waals surface area contributed by atoms with Gasteiger partial charge in [-0.3, -0.25) is 0 Å². The first kappa shape index (κ1) is 15.1. The third-order valence-corrected chi connectivity index (χ3v) is 2.96. The number of hydrogen-bond acceptors (Lipinski definition) is 1. The SMILES string of the molecule is CCC(C)C1([O-])CCCC1.[F-].[Mg+2]. The van der Waals surface area contributed by atoms with E-state index in [0.29, 0.717) is 5.92 Å². The fraction of sp³-hybridized carbons (Fsp3) is 1.00. The average Bonchev–Trinajstić information content (AvgIpc) is 2.36. The fourth-order valence-corrected chi connectivity index (χ4v) is 1.84. The molecule has 0 radical (unpaired) electrons. The first-order valence-corrected chi connectivity index (χ1v) is 4.39.